The number of rotatable bonds is 12. The van der Waals surface area contributed by atoms with Crippen LogP contribution in [-0.2, 0) is 13.0 Å². The highest BCUT2D eigenvalue weighted by molar-refractivity contribution is 6.35. The summed E-state index contributed by atoms with van der Waals surface area (Å²) < 4.78 is 12.4. The van der Waals surface area contributed by atoms with Crippen molar-refractivity contribution in [2.45, 2.75) is 13.0 Å². The molecule has 39 heavy (non-hydrogen) atoms. The summed E-state index contributed by atoms with van der Waals surface area (Å²) in [7, 11) is 3.03. The molecule has 0 saturated carbocycles. The summed E-state index contributed by atoms with van der Waals surface area (Å²) in [5.74, 6) is 1.18. The highest BCUT2D eigenvalue weighted by atomic mass is 35.5. The van der Waals surface area contributed by atoms with Gasteiger partial charge in [-0.3, -0.25) is 14.3 Å². The van der Waals surface area contributed by atoms with Gasteiger partial charge in [-0.15, -0.1) is 0 Å². The summed E-state index contributed by atoms with van der Waals surface area (Å²) in [6, 6.07) is 8.82. The number of hydrogen-bond acceptors (Lipinski definition) is 9. The zero-order chi connectivity index (χ0) is 27.9. The summed E-state index contributed by atoms with van der Waals surface area (Å²) in [4.78, 5) is 27.3. The molecule has 0 radical (unpaired) electrons. The number of aliphatic hydroxyl groups is 1. The highest BCUT2D eigenvalue weighted by Gasteiger charge is 2.19. The van der Waals surface area contributed by atoms with Gasteiger partial charge in [0.05, 0.1) is 37.7 Å². The molecular weight excluding hydrogens is 520 g/mol. The number of benzene rings is 1. The highest BCUT2D eigenvalue weighted by Crippen LogP contribution is 2.38. The van der Waals surface area contributed by atoms with Gasteiger partial charge in [0, 0.05) is 59.7 Å². The van der Waals surface area contributed by atoms with E-state index >= 15 is 0 Å². The van der Waals surface area contributed by atoms with Gasteiger partial charge in [-0.1, -0.05) is 24.8 Å². The summed E-state index contributed by atoms with van der Waals surface area (Å²) in [6.07, 6.45) is 5.40. The van der Waals surface area contributed by atoms with E-state index in [0.29, 0.717) is 51.7 Å². The molecule has 0 aliphatic heterocycles. The van der Waals surface area contributed by atoms with E-state index in [2.05, 4.69) is 38.7 Å². The van der Waals surface area contributed by atoms with Crippen molar-refractivity contribution >= 4 is 34.3 Å². The second-order valence-electron chi connectivity index (χ2n) is 8.47. The first-order chi connectivity index (χ1) is 18.9. The Morgan fingerprint density at radius 2 is 1.97 bits per heavy atom. The predicted molar refractivity (Wildman–Crippen MR) is 154 cm³/mol. The summed E-state index contributed by atoms with van der Waals surface area (Å²) in [5.41, 5.74) is 3.17. The Kier molecular flexibility index (Phi) is 8.80. The van der Waals surface area contributed by atoms with Crippen LogP contribution in [0.3, 0.4) is 0 Å². The van der Waals surface area contributed by atoms with E-state index in [1.807, 2.05) is 12.1 Å². The Balaban J connectivity index is 1.79. The van der Waals surface area contributed by atoms with Gasteiger partial charge in [-0.2, -0.15) is 4.98 Å². The molecule has 0 saturated heterocycles. The SMILES string of the molecule is C=CC(=C)Nc1ccc(CCn2c(=O)c(-c3cc(OC)cc(OC)c3Cl)cc3cnc(NCCO)nc32)nc1. The number of aliphatic hydroxyl groups excluding tert-OH is 1. The fraction of sp³-hybridized carbons (Fsp3) is 0.214. The first-order valence-corrected chi connectivity index (χ1v) is 12.5. The first-order valence-electron chi connectivity index (χ1n) is 12.1. The number of allylic oxidation sites excluding steroid dienone is 1. The maximum Gasteiger partial charge on any atom is 0.260 e. The van der Waals surface area contributed by atoms with Crippen LogP contribution in [0.25, 0.3) is 22.2 Å². The van der Waals surface area contributed by atoms with Crippen LogP contribution in [0.2, 0.25) is 5.02 Å². The predicted octanol–water partition coefficient (Wildman–Crippen LogP) is 4.28. The van der Waals surface area contributed by atoms with E-state index < -0.39 is 0 Å². The topological polar surface area (TPSA) is 123 Å². The van der Waals surface area contributed by atoms with Crippen molar-refractivity contribution in [3.8, 4) is 22.6 Å². The molecule has 3 heterocycles. The minimum Gasteiger partial charge on any atom is -0.497 e. The number of anilines is 2. The zero-order valence-corrected chi connectivity index (χ0v) is 22.5. The zero-order valence-electron chi connectivity index (χ0n) is 21.7. The summed E-state index contributed by atoms with van der Waals surface area (Å²) in [5, 5.41) is 16.1. The first kappa shape index (κ1) is 27.6. The Hall–Kier alpha value is -4.41. The van der Waals surface area contributed by atoms with Crippen molar-refractivity contribution in [1.29, 1.82) is 0 Å². The Bertz CT molecular complexity index is 1570. The lowest BCUT2D eigenvalue weighted by Gasteiger charge is -2.16. The van der Waals surface area contributed by atoms with Crippen LogP contribution in [-0.4, -0.2) is 52.0 Å². The quantitative estimate of drug-likeness (QED) is 0.222. The van der Waals surface area contributed by atoms with Crippen LogP contribution in [0.1, 0.15) is 5.69 Å². The van der Waals surface area contributed by atoms with E-state index in [1.54, 1.807) is 41.2 Å². The second-order valence-corrected chi connectivity index (χ2v) is 8.85. The monoisotopic (exact) mass is 548 g/mol. The van der Waals surface area contributed by atoms with E-state index in [1.165, 1.54) is 14.2 Å². The van der Waals surface area contributed by atoms with Crippen molar-refractivity contribution in [1.82, 2.24) is 19.5 Å². The molecule has 11 heteroatoms. The molecule has 4 rings (SSSR count). The molecule has 202 valence electrons. The molecule has 0 amide bonds. The van der Waals surface area contributed by atoms with E-state index in [4.69, 9.17) is 21.1 Å². The lowest BCUT2D eigenvalue weighted by atomic mass is 10.0. The van der Waals surface area contributed by atoms with E-state index in [0.717, 1.165) is 11.4 Å². The fourth-order valence-electron chi connectivity index (χ4n) is 3.96. The van der Waals surface area contributed by atoms with Crippen LogP contribution in [0.4, 0.5) is 11.6 Å². The minimum absolute atomic E-state index is 0.0834. The lowest BCUT2D eigenvalue weighted by molar-refractivity contribution is 0.311. The molecule has 1 aromatic carbocycles. The number of hydrogen-bond donors (Lipinski definition) is 3. The van der Waals surface area contributed by atoms with Crippen molar-refractivity contribution in [3.63, 3.8) is 0 Å². The van der Waals surface area contributed by atoms with Crippen molar-refractivity contribution in [3.05, 3.63) is 88.7 Å². The molecule has 0 atom stereocenters. The number of aromatic nitrogens is 4. The average Bonchev–Trinajstić information content (AvgIpc) is 2.96. The number of ether oxygens (including phenoxy) is 2. The van der Waals surface area contributed by atoms with E-state index in [-0.39, 0.29) is 30.3 Å². The maximum atomic E-state index is 13.9. The van der Waals surface area contributed by atoms with Gasteiger partial charge in [0.25, 0.3) is 5.56 Å². The average molecular weight is 549 g/mol. The normalized spacial score (nSPS) is 10.8. The smallest absolute Gasteiger partial charge is 0.260 e. The molecule has 10 nitrogen and oxygen atoms in total. The summed E-state index contributed by atoms with van der Waals surface area (Å²) in [6.45, 7) is 8.00. The third-order valence-electron chi connectivity index (χ3n) is 5.95. The number of fused-ring (bicyclic) bond motifs is 1. The van der Waals surface area contributed by atoms with Crippen LogP contribution >= 0.6 is 11.6 Å². The number of pyridine rings is 2. The molecular formula is C28H29ClN6O4. The van der Waals surface area contributed by atoms with Gasteiger partial charge in [-0.05, 0) is 30.3 Å². The van der Waals surface area contributed by atoms with Gasteiger partial charge >= 0.3 is 0 Å². The number of nitrogens with one attached hydrogen (secondary N) is 2. The van der Waals surface area contributed by atoms with Gasteiger partial charge in [-0.25, -0.2) is 4.98 Å². The molecule has 0 fully saturated rings. The minimum atomic E-state index is -0.299. The van der Waals surface area contributed by atoms with Gasteiger partial charge < -0.3 is 25.2 Å². The van der Waals surface area contributed by atoms with Crippen molar-refractivity contribution in [2.24, 2.45) is 0 Å². The Labute approximate surface area is 230 Å². The van der Waals surface area contributed by atoms with Crippen LogP contribution in [0, 0.1) is 0 Å². The Morgan fingerprint density at radius 1 is 1.15 bits per heavy atom. The summed E-state index contributed by atoms with van der Waals surface area (Å²) >= 11 is 6.64. The van der Waals surface area contributed by atoms with E-state index in [9.17, 15) is 9.90 Å². The maximum absolute atomic E-state index is 13.9. The molecule has 0 aliphatic carbocycles. The Morgan fingerprint density at radius 3 is 2.64 bits per heavy atom. The number of nitrogens with zero attached hydrogens (tertiary/aromatic N) is 4. The van der Waals surface area contributed by atoms with Gasteiger partial charge in [0.15, 0.2) is 0 Å². The largest absolute Gasteiger partial charge is 0.497 e. The van der Waals surface area contributed by atoms with Gasteiger partial charge in [0.1, 0.15) is 17.1 Å². The third kappa shape index (κ3) is 6.19. The number of halogens is 1. The number of methoxy groups -OCH3 is 2. The number of aryl methyl sites for hydroxylation is 2. The van der Waals surface area contributed by atoms with Gasteiger partial charge in [0.2, 0.25) is 5.95 Å². The molecule has 3 N–H and O–H groups in total. The van der Waals surface area contributed by atoms with Crippen molar-refractivity contribution < 1.29 is 14.6 Å². The molecule has 3 aromatic heterocycles. The van der Waals surface area contributed by atoms with Crippen LogP contribution in [0.5, 0.6) is 11.5 Å². The second kappa shape index (κ2) is 12.4. The molecule has 0 unspecified atom stereocenters. The lowest BCUT2D eigenvalue weighted by Crippen LogP contribution is -2.25. The fourth-order valence-corrected chi connectivity index (χ4v) is 4.24. The van der Waals surface area contributed by atoms with Crippen molar-refractivity contribution in [2.75, 3.05) is 38.0 Å². The molecule has 0 spiro atoms. The van der Waals surface area contributed by atoms with Crippen LogP contribution in [0.15, 0.2) is 72.5 Å². The molecule has 4 aromatic rings. The standard InChI is InChI=1S/C28H29ClN6O4/c1-5-17(2)33-20-7-6-19(31-16-20)8-10-35-26-18(15-32-28(34-26)30-9-11-36)12-23(27(35)37)22-13-21(38-3)14-24(39-4)25(22)29/h5-7,12-16,33,36H,1-2,8-11H2,3-4H3,(H,30,32,34). The molecule has 0 aliphatic rings. The third-order valence-corrected chi connectivity index (χ3v) is 6.34. The molecule has 0 bridgehead atoms. The van der Waals surface area contributed by atoms with Crippen LogP contribution < -0.4 is 25.7 Å².